The van der Waals surface area contributed by atoms with Crippen molar-refractivity contribution in [3.63, 3.8) is 0 Å². The van der Waals surface area contributed by atoms with Gasteiger partial charge in [0.05, 0.1) is 4.21 Å². The zero-order valence-electron chi connectivity index (χ0n) is 7.88. The predicted octanol–water partition coefficient (Wildman–Crippen LogP) is 4.65. The highest BCUT2D eigenvalue weighted by atomic mass is 79.9. The highest BCUT2D eigenvalue weighted by molar-refractivity contribution is 9.08. The maximum Gasteiger partial charge on any atom is 0.0580 e. The molecule has 0 amide bonds. The number of thiophene rings is 1. The van der Waals surface area contributed by atoms with Crippen molar-refractivity contribution < 1.29 is 0 Å². The molecular weight excluding hydrogens is 276 g/mol. The van der Waals surface area contributed by atoms with Gasteiger partial charge in [-0.25, -0.2) is 0 Å². The Morgan fingerprint density at radius 1 is 1.36 bits per heavy atom. The number of hydrogen-bond acceptors (Lipinski definition) is 2. The van der Waals surface area contributed by atoms with Crippen molar-refractivity contribution in [2.24, 2.45) is 0 Å². The smallest absolute Gasteiger partial charge is 0.0580 e. The second kappa shape index (κ2) is 4.25. The van der Waals surface area contributed by atoms with Crippen molar-refractivity contribution in [1.29, 1.82) is 0 Å². The first kappa shape index (κ1) is 10.5. The number of thiol groups is 1. The summed E-state index contributed by atoms with van der Waals surface area (Å²) >= 11 is 9.69. The number of rotatable bonds is 2. The van der Waals surface area contributed by atoms with Gasteiger partial charge in [-0.2, -0.15) is 0 Å². The van der Waals surface area contributed by atoms with Gasteiger partial charge in [-0.1, -0.05) is 35.0 Å². The number of aryl methyl sites for hydroxylation is 1. The molecule has 0 fully saturated rings. The molecule has 0 saturated heterocycles. The number of hydrogen-bond donors (Lipinski definition) is 1. The molecule has 0 radical (unpaired) electrons. The van der Waals surface area contributed by atoms with E-state index in [1.165, 1.54) is 21.2 Å². The lowest BCUT2D eigenvalue weighted by Gasteiger charge is -2.02. The molecular formula is C11H11BrS2. The van der Waals surface area contributed by atoms with E-state index in [9.17, 15) is 0 Å². The Morgan fingerprint density at radius 3 is 2.79 bits per heavy atom. The molecule has 1 aromatic carbocycles. The molecule has 0 unspecified atom stereocenters. The van der Waals surface area contributed by atoms with Gasteiger partial charge in [-0.3, -0.25) is 0 Å². The Hall–Kier alpha value is 0.01000. The van der Waals surface area contributed by atoms with Crippen molar-refractivity contribution in [3.8, 4) is 0 Å². The minimum absolute atomic E-state index is 0.922. The first-order valence-electron chi connectivity index (χ1n) is 4.55. The molecule has 3 heteroatoms. The van der Waals surface area contributed by atoms with Gasteiger partial charge in [0.1, 0.15) is 0 Å². The fraction of sp³-hybridized carbons (Fsp3) is 0.273. The third kappa shape index (κ3) is 1.86. The van der Waals surface area contributed by atoms with Crippen LogP contribution in [0.5, 0.6) is 0 Å². The van der Waals surface area contributed by atoms with E-state index in [2.05, 4.69) is 53.7 Å². The quantitative estimate of drug-likeness (QED) is 0.603. The van der Waals surface area contributed by atoms with Crippen LogP contribution in [0.3, 0.4) is 0 Å². The van der Waals surface area contributed by atoms with Gasteiger partial charge in [-0.05, 0) is 29.0 Å². The minimum atomic E-state index is 0.922. The molecule has 0 saturated carbocycles. The zero-order chi connectivity index (χ0) is 10.1. The Kier molecular flexibility index (Phi) is 3.20. The summed E-state index contributed by atoms with van der Waals surface area (Å²) in [7, 11) is 0. The van der Waals surface area contributed by atoms with Gasteiger partial charge in [-0.15, -0.1) is 24.0 Å². The number of benzene rings is 1. The number of halogens is 1. The summed E-state index contributed by atoms with van der Waals surface area (Å²) < 4.78 is 2.46. The second-order valence-electron chi connectivity index (χ2n) is 3.25. The lowest BCUT2D eigenvalue weighted by atomic mass is 10.1. The molecule has 0 atom stereocenters. The summed E-state index contributed by atoms with van der Waals surface area (Å²) in [4.78, 5) is 0. The average Bonchev–Trinajstić information content (AvgIpc) is 2.56. The van der Waals surface area contributed by atoms with Crippen LogP contribution < -0.4 is 0 Å². The molecule has 2 aromatic rings. The molecule has 14 heavy (non-hydrogen) atoms. The molecule has 74 valence electrons. The van der Waals surface area contributed by atoms with E-state index >= 15 is 0 Å². The SMILES string of the molecule is CCc1cc(CBr)c2sc(S)cc2c1. The van der Waals surface area contributed by atoms with Crippen LogP contribution in [0.15, 0.2) is 22.4 Å². The molecule has 1 aromatic heterocycles. The van der Waals surface area contributed by atoms with E-state index in [1.54, 1.807) is 11.3 Å². The van der Waals surface area contributed by atoms with Gasteiger partial charge in [0.15, 0.2) is 0 Å². The summed E-state index contributed by atoms with van der Waals surface area (Å²) in [6.07, 6.45) is 1.09. The van der Waals surface area contributed by atoms with Crippen molar-refractivity contribution in [3.05, 3.63) is 29.3 Å². The number of alkyl halides is 1. The van der Waals surface area contributed by atoms with Gasteiger partial charge >= 0.3 is 0 Å². The minimum Gasteiger partial charge on any atom is -0.133 e. The summed E-state index contributed by atoms with van der Waals surface area (Å²) in [5.41, 5.74) is 2.78. The zero-order valence-corrected chi connectivity index (χ0v) is 11.2. The van der Waals surface area contributed by atoms with Crippen LogP contribution in [-0.4, -0.2) is 0 Å². The first-order valence-corrected chi connectivity index (χ1v) is 6.93. The molecule has 0 aliphatic carbocycles. The predicted molar refractivity (Wildman–Crippen MR) is 71.1 cm³/mol. The molecule has 0 spiro atoms. The van der Waals surface area contributed by atoms with Crippen LogP contribution in [0.4, 0.5) is 0 Å². The van der Waals surface area contributed by atoms with Gasteiger partial charge in [0, 0.05) is 10.0 Å². The van der Waals surface area contributed by atoms with E-state index in [1.807, 2.05) is 0 Å². The van der Waals surface area contributed by atoms with Crippen molar-refractivity contribution in [1.82, 2.24) is 0 Å². The summed E-state index contributed by atoms with van der Waals surface area (Å²) in [5, 5.41) is 2.25. The first-order chi connectivity index (χ1) is 6.74. The summed E-state index contributed by atoms with van der Waals surface area (Å²) in [5.74, 6) is 0. The lowest BCUT2D eigenvalue weighted by molar-refractivity contribution is 1.14. The topological polar surface area (TPSA) is 0 Å². The largest absolute Gasteiger partial charge is 0.133 e. The third-order valence-electron chi connectivity index (χ3n) is 2.29. The van der Waals surface area contributed by atoms with Crippen LogP contribution >= 0.6 is 39.9 Å². The molecule has 0 N–H and O–H groups in total. The Labute approximate surface area is 102 Å². The Bertz CT molecular complexity index is 460. The summed E-state index contributed by atoms with van der Waals surface area (Å²) in [6, 6.07) is 6.69. The van der Waals surface area contributed by atoms with Crippen LogP contribution in [0.1, 0.15) is 18.1 Å². The van der Waals surface area contributed by atoms with Crippen molar-refractivity contribution in [2.75, 3.05) is 0 Å². The highest BCUT2D eigenvalue weighted by Crippen LogP contribution is 2.33. The summed E-state index contributed by atoms with van der Waals surface area (Å²) in [6.45, 7) is 2.19. The van der Waals surface area contributed by atoms with Crippen LogP contribution in [-0.2, 0) is 11.8 Å². The molecule has 0 aliphatic heterocycles. The molecule has 0 nitrogen and oxygen atoms in total. The second-order valence-corrected chi connectivity index (χ2v) is 5.64. The highest BCUT2D eigenvalue weighted by Gasteiger charge is 2.05. The van der Waals surface area contributed by atoms with Crippen molar-refractivity contribution in [2.45, 2.75) is 22.9 Å². The van der Waals surface area contributed by atoms with Gasteiger partial charge < -0.3 is 0 Å². The standard InChI is InChI=1S/C11H11BrS2/c1-2-7-3-8-5-10(13)14-11(8)9(4-7)6-12/h3-5,13H,2,6H2,1H3. The maximum absolute atomic E-state index is 4.40. The monoisotopic (exact) mass is 286 g/mol. The molecule has 0 bridgehead atoms. The van der Waals surface area contributed by atoms with E-state index in [0.29, 0.717) is 0 Å². The molecule has 1 heterocycles. The molecule has 2 rings (SSSR count). The lowest BCUT2D eigenvalue weighted by Crippen LogP contribution is -1.84. The maximum atomic E-state index is 4.40. The van der Waals surface area contributed by atoms with E-state index in [0.717, 1.165) is 16.0 Å². The van der Waals surface area contributed by atoms with Crippen LogP contribution in [0.2, 0.25) is 0 Å². The third-order valence-corrected chi connectivity index (χ3v) is 4.33. The van der Waals surface area contributed by atoms with Gasteiger partial charge in [0.2, 0.25) is 0 Å². The van der Waals surface area contributed by atoms with Crippen LogP contribution in [0.25, 0.3) is 10.1 Å². The average molecular weight is 287 g/mol. The Balaban J connectivity index is 2.72. The van der Waals surface area contributed by atoms with Gasteiger partial charge in [0.25, 0.3) is 0 Å². The van der Waals surface area contributed by atoms with E-state index in [4.69, 9.17) is 0 Å². The Morgan fingerprint density at radius 2 is 2.14 bits per heavy atom. The number of fused-ring (bicyclic) bond motifs is 1. The van der Waals surface area contributed by atoms with Crippen molar-refractivity contribution >= 4 is 50.0 Å². The van der Waals surface area contributed by atoms with E-state index in [-0.39, 0.29) is 0 Å². The fourth-order valence-electron chi connectivity index (χ4n) is 1.58. The van der Waals surface area contributed by atoms with Crippen LogP contribution in [0, 0.1) is 0 Å². The normalized spacial score (nSPS) is 11.1. The molecule has 0 aliphatic rings. The fourth-order valence-corrected chi connectivity index (χ4v) is 3.52. The van der Waals surface area contributed by atoms with E-state index < -0.39 is 0 Å².